The van der Waals surface area contributed by atoms with Crippen LogP contribution in [0.5, 0.6) is 11.5 Å². The van der Waals surface area contributed by atoms with E-state index >= 15 is 0 Å². The topological polar surface area (TPSA) is 241 Å². The van der Waals surface area contributed by atoms with E-state index in [0.29, 0.717) is 67.1 Å². The predicted molar refractivity (Wildman–Crippen MR) is 208 cm³/mol. The van der Waals surface area contributed by atoms with Crippen molar-refractivity contribution >= 4 is 40.1 Å². The van der Waals surface area contributed by atoms with Crippen LogP contribution in [0.15, 0.2) is 60.9 Å². The molecule has 0 spiro atoms. The molecule has 1 amide bonds. The molecule has 6 aromatic rings. The van der Waals surface area contributed by atoms with Crippen LogP contribution in [-0.4, -0.2) is 109 Å². The average molecular weight is 777 g/mol. The summed E-state index contributed by atoms with van der Waals surface area (Å²) in [6.45, 7) is 2.06. The molecule has 4 N–H and O–H groups in total. The largest absolute Gasteiger partial charge is 0.491 e. The molecule has 4 atom stereocenters. The standard InChI is InChI=1S/C19H23N7O3.C19H21N7O2/c1-28-8-9-29-15-6-4-14(5-7-15)26-18-16(24-25-26)11-21-19(23-18)22-13-3-2-12(10-13)17(20)27;1-27-8-9-28-16-6-4-15(5-7-16)26-18-17(24-25-26)12-21-19(23-18)22-14-3-2-13(10-14)11-20/h4-7,11-13H,2-3,8-10H2,1H3,(H2,20,27)(H,21,22,23);4-7,12-14H,2-3,8-10H2,1H3,(H,21,22,23)/t12-,13-;13-,14-/m11/s1. The van der Waals surface area contributed by atoms with E-state index in [1.54, 1.807) is 36.0 Å². The summed E-state index contributed by atoms with van der Waals surface area (Å²) in [5.74, 6) is 2.29. The highest BCUT2D eigenvalue weighted by molar-refractivity contribution is 5.77. The maximum Gasteiger partial charge on any atom is 0.225 e. The number of fused-ring (bicyclic) bond motifs is 2. The Bertz CT molecular complexity index is 2290. The van der Waals surface area contributed by atoms with Crippen molar-refractivity contribution in [2.75, 3.05) is 51.3 Å². The lowest BCUT2D eigenvalue weighted by Crippen LogP contribution is -2.23. The lowest BCUT2D eigenvalue weighted by atomic mass is 10.1. The Labute approximate surface area is 327 Å². The van der Waals surface area contributed by atoms with Crippen LogP contribution in [0.4, 0.5) is 11.9 Å². The second kappa shape index (κ2) is 18.4. The zero-order chi connectivity index (χ0) is 39.6. The minimum Gasteiger partial charge on any atom is -0.491 e. The van der Waals surface area contributed by atoms with Crippen molar-refractivity contribution < 1.29 is 23.7 Å². The smallest absolute Gasteiger partial charge is 0.225 e. The van der Waals surface area contributed by atoms with Gasteiger partial charge in [0.15, 0.2) is 22.3 Å². The summed E-state index contributed by atoms with van der Waals surface area (Å²) in [6.07, 6.45) is 8.31. The van der Waals surface area contributed by atoms with Crippen molar-refractivity contribution in [1.82, 2.24) is 49.9 Å². The summed E-state index contributed by atoms with van der Waals surface area (Å²) in [5.41, 5.74) is 9.49. The molecule has 19 nitrogen and oxygen atoms in total. The molecule has 4 heterocycles. The van der Waals surface area contributed by atoms with E-state index in [4.69, 9.17) is 29.9 Å². The van der Waals surface area contributed by atoms with Crippen molar-refractivity contribution in [1.29, 1.82) is 5.26 Å². The molecule has 2 saturated carbocycles. The van der Waals surface area contributed by atoms with Gasteiger partial charge < -0.3 is 35.3 Å². The number of nitrogens with zero attached hydrogens (tertiary/aromatic N) is 11. The third kappa shape index (κ3) is 9.66. The number of anilines is 2. The van der Waals surface area contributed by atoms with Crippen LogP contribution < -0.4 is 25.8 Å². The van der Waals surface area contributed by atoms with Gasteiger partial charge in [-0.1, -0.05) is 10.4 Å². The molecule has 0 radical (unpaired) electrons. The first-order valence-corrected chi connectivity index (χ1v) is 18.7. The normalized spacial score (nSPS) is 18.8. The lowest BCUT2D eigenvalue weighted by molar-refractivity contribution is -0.121. The van der Waals surface area contributed by atoms with Crippen LogP contribution >= 0.6 is 0 Å². The van der Waals surface area contributed by atoms with Crippen molar-refractivity contribution in [2.24, 2.45) is 17.6 Å². The lowest BCUT2D eigenvalue weighted by Gasteiger charge is -2.12. The van der Waals surface area contributed by atoms with E-state index in [0.717, 1.165) is 55.0 Å². The first kappa shape index (κ1) is 38.7. The third-order valence-electron chi connectivity index (χ3n) is 9.78. The zero-order valence-electron chi connectivity index (χ0n) is 31.7. The fourth-order valence-electron chi connectivity index (χ4n) is 6.76. The Morgan fingerprint density at radius 3 is 1.67 bits per heavy atom. The van der Waals surface area contributed by atoms with Gasteiger partial charge in [0.25, 0.3) is 0 Å². The monoisotopic (exact) mass is 776 g/mol. The Morgan fingerprint density at radius 1 is 0.737 bits per heavy atom. The Kier molecular flexibility index (Phi) is 12.5. The Hall–Kier alpha value is -6.52. The second-order valence-corrected chi connectivity index (χ2v) is 13.7. The van der Waals surface area contributed by atoms with Crippen LogP contribution in [0.25, 0.3) is 33.7 Å². The molecule has 2 aliphatic rings. The highest BCUT2D eigenvalue weighted by atomic mass is 16.5. The minimum atomic E-state index is -0.248. The fraction of sp³-hybridized carbons (Fsp3) is 0.421. The molecule has 0 bridgehead atoms. The number of ether oxygens (including phenoxy) is 4. The molecule has 4 aromatic heterocycles. The zero-order valence-corrected chi connectivity index (χ0v) is 31.7. The van der Waals surface area contributed by atoms with E-state index in [2.05, 4.69) is 57.3 Å². The molecule has 2 aromatic carbocycles. The molecular formula is C38H44N14O5. The van der Waals surface area contributed by atoms with Crippen LogP contribution in [0.1, 0.15) is 38.5 Å². The van der Waals surface area contributed by atoms with Crippen LogP contribution in [0.3, 0.4) is 0 Å². The number of nitriles is 1. The van der Waals surface area contributed by atoms with Gasteiger partial charge in [-0.15, -0.1) is 10.2 Å². The van der Waals surface area contributed by atoms with Crippen LogP contribution in [0.2, 0.25) is 0 Å². The van der Waals surface area contributed by atoms with Gasteiger partial charge in [0.05, 0.1) is 43.1 Å². The number of benzene rings is 2. The number of carbonyl (C=O) groups is 1. The first-order chi connectivity index (χ1) is 27.9. The molecule has 2 fully saturated rings. The molecule has 57 heavy (non-hydrogen) atoms. The van der Waals surface area contributed by atoms with Crippen molar-refractivity contribution in [3.05, 3.63) is 60.9 Å². The first-order valence-electron chi connectivity index (χ1n) is 18.7. The van der Waals surface area contributed by atoms with E-state index < -0.39 is 0 Å². The number of nitrogens with two attached hydrogens (primary N) is 1. The number of carbonyl (C=O) groups excluding carboxylic acids is 1. The van der Waals surface area contributed by atoms with Crippen LogP contribution in [-0.2, 0) is 14.3 Å². The van der Waals surface area contributed by atoms with Gasteiger partial charge in [0.2, 0.25) is 17.8 Å². The highest BCUT2D eigenvalue weighted by Gasteiger charge is 2.29. The molecule has 296 valence electrons. The van der Waals surface area contributed by atoms with Gasteiger partial charge in [0.1, 0.15) is 24.7 Å². The molecule has 0 unspecified atom stereocenters. The molecule has 2 aliphatic carbocycles. The summed E-state index contributed by atoms with van der Waals surface area (Å²) >= 11 is 0. The quantitative estimate of drug-likeness (QED) is 0.126. The SMILES string of the molecule is COCCOc1ccc(-n2nnc3cnc(N[C@@H]4CC[C@@H](C#N)C4)nc32)cc1.COCCOc1ccc(-n2nnc3cnc(N[C@@H]4CC[C@@H](C(N)=O)C4)nc32)cc1. The van der Waals surface area contributed by atoms with Gasteiger partial charge in [0, 0.05) is 38.1 Å². The van der Waals surface area contributed by atoms with Gasteiger partial charge >= 0.3 is 0 Å². The number of amides is 1. The molecule has 0 saturated heterocycles. The van der Waals surface area contributed by atoms with Crippen LogP contribution in [0, 0.1) is 23.2 Å². The third-order valence-corrected chi connectivity index (χ3v) is 9.78. The number of hydrogen-bond donors (Lipinski definition) is 3. The van der Waals surface area contributed by atoms with Crippen molar-refractivity contribution in [2.45, 2.75) is 50.6 Å². The summed E-state index contributed by atoms with van der Waals surface area (Å²) in [7, 11) is 3.28. The van der Waals surface area contributed by atoms with E-state index in [1.807, 2.05) is 48.5 Å². The molecule has 8 rings (SSSR count). The van der Waals surface area contributed by atoms with Crippen molar-refractivity contribution in [3.63, 3.8) is 0 Å². The van der Waals surface area contributed by atoms with E-state index in [9.17, 15) is 4.79 Å². The Morgan fingerprint density at radius 2 is 1.23 bits per heavy atom. The van der Waals surface area contributed by atoms with Gasteiger partial charge in [-0.2, -0.15) is 24.6 Å². The van der Waals surface area contributed by atoms with Crippen molar-refractivity contribution in [3.8, 4) is 28.9 Å². The van der Waals surface area contributed by atoms with E-state index in [-0.39, 0.29) is 29.8 Å². The Balaban J connectivity index is 0.000000174. The van der Waals surface area contributed by atoms with Gasteiger partial charge in [-0.05, 0) is 87.1 Å². The number of methoxy groups -OCH3 is 2. The molecular weight excluding hydrogens is 733 g/mol. The predicted octanol–water partition coefficient (Wildman–Crippen LogP) is 3.64. The average Bonchev–Trinajstić information content (AvgIpc) is 4.06. The van der Waals surface area contributed by atoms with E-state index in [1.165, 1.54) is 0 Å². The second-order valence-electron chi connectivity index (χ2n) is 13.7. The minimum absolute atomic E-state index is 0.0898. The summed E-state index contributed by atoms with van der Waals surface area (Å²) in [6, 6.07) is 17.7. The fourth-order valence-corrected chi connectivity index (χ4v) is 6.76. The maximum absolute atomic E-state index is 11.4. The highest BCUT2D eigenvalue weighted by Crippen LogP contribution is 2.29. The number of aromatic nitrogens is 10. The summed E-state index contributed by atoms with van der Waals surface area (Å²) in [5, 5.41) is 32.4. The molecule has 19 heteroatoms. The maximum atomic E-state index is 11.4. The number of nitrogens with one attached hydrogen (secondary N) is 2. The molecule has 0 aliphatic heterocycles. The van der Waals surface area contributed by atoms with Gasteiger partial charge in [-0.3, -0.25) is 4.79 Å². The summed E-state index contributed by atoms with van der Waals surface area (Å²) in [4.78, 5) is 29.2. The number of rotatable bonds is 15. The summed E-state index contributed by atoms with van der Waals surface area (Å²) < 4.78 is 24.5. The van der Waals surface area contributed by atoms with Gasteiger partial charge in [-0.25, -0.2) is 9.97 Å². The number of primary amides is 1. The number of hydrogen-bond acceptors (Lipinski definition) is 16.